The van der Waals surface area contributed by atoms with Crippen LogP contribution >= 0.6 is 11.3 Å². The second-order valence-electron chi connectivity index (χ2n) is 5.40. The number of aryl methyl sites for hydroxylation is 1. The van der Waals surface area contributed by atoms with E-state index in [1.54, 1.807) is 7.05 Å². The fraction of sp³-hybridized carbons (Fsp3) is 0.353. The van der Waals surface area contributed by atoms with E-state index in [1.165, 1.54) is 23.8 Å². The number of rotatable bonds is 8. The van der Waals surface area contributed by atoms with Gasteiger partial charge in [-0.05, 0) is 25.5 Å². The summed E-state index contributed by atoms with van der Waals surface area (Å²) in [6, 6.07) is 8.20. The maximum Gasteiger partial charge on any atom is 0.240 e. The maximum atomic E-state index is 11.5. The van der Waals surface area contributed by atoms with Gasteiger partial charge in [-0.2, -0.15) is 0 Å². The Morgan fingerprint density at radius 3 is 2.62 bits per heavy atom. The summed E-state index contributed by atoms with van der Waals surface area (Å²) in [6.45, 7) is 2.49. The molecule has 0 aliphatic heterocycles. The first-order valence-corrected chi connectivity index (χ1v) is 8.70. The largest absolute Gasteiger partial charge is 0.356 e. The Balaban J connectivity index is 1.90. The van der Waals surface area contributed by atoms with Crippen LogP contribution in [-0.4, -0.2) is 36.9 Å². The van der Waals surface area contributed by atoms with Crippen LogP contribution in [-0.2, 0) is 16.0 Å². The minimum Gasteiger partial charge on any atom is -0.356 e. The van der Waals surface area contributed by atoms with Crippen LogP contribution in [0.5, 0.6) is 0 Å². The van der Waals surface area contributed by atoms with Gasteiger partial charge in [-0.3, -0.25) is 9.59 Å². The Labute approximate surface area is 145 Å². The monoisotopic (exact) mass is 346 g/mol. The Hall–Kier alpha value is -2.25. The Morgan fingerprint density at radius 2 is 1.96 bits per heavy atom. The van der Waals surface area contributed by atoms with Gasteiger partial charge in [0.2, 0.25) is 11.8 Å². The van der Waals surface area contributed by atoms with E-state index in [-0.39, 0.29) is 18.4 Å². The topological polar surface area (TPSA) is 83.1 Å². The number of carbonyl (C=O) groups is 2. The van der Waals surface area contributed by atoms with E-state index >= 15 is 0 Å². The summed E-state index contributed by atoms with van der Waals surface area (Å²) in [6.07, 6.45) is 1.83. The second kappa shape index (κ2) is 9.14. The SMILES string of the molecule is CNCC(=O)Nc1nc(-c2ccc(CCCNC(C)=O)cc2)cs1. The highest BCUT2D eigenvalue weighted by atomic mass is 32.1. The molecule has 0 spiro atoms. The van der Waals surface area contributed by atoms with Crippen LogP contribution in [0.2, 0.25) is 0 Å². The number of likely N-dealkylation sites (N-methyl/N-ethyl adjacent to an activating group) is 1. The third-order valence-electron chi connectivity index (χ3n) is 3.35. The van der Waals surface area contributed by atoms with E-state index in [0.717, 1.165) is 24.1 Å². The van der Waals surface area contributed by atoms with Gasteiger partial charge in [0, 0.05) is 24.4 Å². The normalized spacial score (nSPS) is 10.4. The van der Waals surface area contributed by atoms with Crippen molar-refractivity contribution >= 4 is 28.3 Å². The van der Waals surface area contributed by atoms with Gasteiger partial charge >= 0.3 is 0 Å². The highest BCUT2D eigenvalue weighted by Gasteiger charge is 2.07. The second-order valence-corrected chi connectivity index (χ2v) is 6.26. The molecule has 0 saturated heterocycles. The van der Waals surface area contributed by atoms with Crippen molar-refractivity contribution in [3.63, 3.8) is 0 Å². The molecule has 0 aliphatic rings. The van der Waals surface area contributed by atoms with Crippen molar-refractivity contribution in [2.24, 2.45) is 0 Å². The van der Waals surface area contributed by atoms with Gasteiger partial charge < -0.3 is 16.0 Å². The summed E-state index contributed by atoms with van der Waals surface area (Å²) < 4.78 is 0. The smallest absolute Gasteiger partial charge is 0.240 e. The van der Waals surface area contributed by atoms with Crippen LogP contribution in [0.1, 0.15) is 18.9 Å². The first-order chi connectivity index (χ1) is 11.6. The van der Waals surface area contributed by atoms with Gasteiger partial charge in [-0.15, -0.1) is 11.3 Å². The predicted molar refractivity (Wildman–Crippen MR) is 97.1 cm³/mol. The van der Waals surface area contributed by atoms with E-state index < -0.39 is 0 Å². The van der Waals surface area contributed by atoms with E-state index in [2.05, 4.69) is 33.1 Å². The van der Waals surface area contributed by atoms with Crippen molar-refractivity contribution in [1.82, 2.24) is 15.6 Å². The fourth-order valence-corrected chi connectivity index (χ4v) is 2.92. The molecule has 0 bridgehead atoms. The molecule has 0 saturated carbocycles. The molecule has 7 heteroatoms. The lowest BCUT2D eigenvalue weighted by atomic mass is 10.1. The van der Waals surface area contributed by atoms with E-state index in [1.807, 2.05) is 17.5 Å². The van der Waals surface area contributed by atoms with Crippen LogP contribution < -0.4 is 16.0 Å². The highest BCUT2D eigenvalue weighted by molar-refractivity contribution is 7.14. The van der Waals surface area contributed by atoms with E-state index in [4.69, 9.17) is 0 Å². The Bertz CT molecular complexity index is 682. The zero-order chi connectivity index (χ0) is 17.4. The molecule has 0 radical (unpaired) electrons. The first-order valence-electron chi connectivity index (χ1n) is 7.82. The van der Waals surface area contributed by atoms with Crippen molar-refractivity contribution in [3.8, 4) is 11.3 Å². The Morgan fingerprint density at radius 1 is 1.21 bits per heavy atom. The molecule has 0 aliphatic carbocycles. The molecule has 2 aromatic rings. The van der Waals surface area contributed by atoms with Gasteiger partial charge in [-0.1, -0.05) is 24.3 Å². The van der Waals surface area contributed by atoms with E-state index in [0.29, 0.717) is 11.7 Å². The van der Waals surface area contributed by atoms with Gasteiger partial charge in [0.15, 0.2) is 5.13 Å². The minimum atomic E-state index is -0.104. The number of anilines is 1. The zero-order valence-corrected chi connectivity index (χ0v) is 14.7. The maximum absolute atomic E-state index is 11.5. The van der Waals surface area contributed by atoms with Crippen molar-refractivity contribution < 1.29 is 9.59 Å². The summed E-state index contributed by atoms with van der Waals surface area (Å²) >= 11 is 1.41. The lowest BCUT2D eigenvalue weighted by molar-refractivity contribution is -0.119. The molecule has 128 valence electrons. The average Bonchev–Trinajstić information content (AvgIpc) is 3.00. The van der Waals surface area contributed by atoms with Crippen molar-refractivity contribution in [2.75, 3.05) is 25.5 Å². The Kier molecular flexibility index (Phi) is 6.89. The quantitative estimate of drug-likeness (QED) is 0.639. The molecular weight excluding hydrogens is 324 g/mol. The van der Waals surface area contributed by atoms with Gasteiger partial charge in [-0.25, -0.2) is 4.98 Å². The minimum absolute atomic E-state index is 0.00601. The van der Waals surface area contributed by atoms with Crippen LogP contribution in [0.4, 0.5) is 5.13 Å². The number of aromatic nitrogens is 1. The van der Waals surface area contributed by atoms with Gasteiger partial charge in [0.25, 0.3) is 0 Å². The predicted octanol–water partition coefficient (Wildman–Crippen LogP) is 2.04. The lowest BCUT2D eigenvalue weighted by Crippen LogP contribution is -2.24. The van der Waals surface area contributed by atoms with Crippen molar-refractivity contribution in [3.05, 3.63) is 35.2 Å². The molecular formula is C17H22N4O2S. The average molecular weight is 346 g/mol. The zero-order valence-electron chi connectivity index (χ0n) is 13.9. The molecule has 0 unspecified atom stereocenters. The summed E-state index contributed by atoms with van der Waals surface area (Å²) in [4.78, 5) is 26.8. The van der Waals surface area contributed by atoms with Crippen LogP contribution in [0.25, 0.3) is 11.3 Å². The number of hydrogen-bond acceptors (Lipinski definition) is 5. The molecule has 6 nitrogen and oxygen atoms in total. The molecule has 3 N–H and O–H groups in total. The molecule has 1 aromatic heterocycles. The number of benzene rings is 1. The summed E-state index contributed by atoms with van der Waals surface area (Å²) in [5.41, 5.74) is 3.09. The molecule has 2 amide bonds. The molecule has 0 fully saturated rings. The number of carbonyl (C=O) groups excluding carboxylic acids is 2. The molecule has 2 rings (SSSR count). The van der Waals surface area contributed by atoms with Crippen molar-refractivity contribution in [1.29, 1.82) is 0 Å². The number of thiazole rings is 1. The molecule has 24 heavy (non-hydrogen) atoms. The summed E-state index contributed by atoms with van der Waals surface area (Å²) in [7, 11) is 1.73. The van der Waals surface area contributed by atoms with Crippen molar-refractivity contribution in [2.45, 2.75) is 19.8 Å². The van der Waals surface area contributed by atoms with Crippen LogP contribution in [0.15, 0.2) is 29.6 Å². The lowest BCUT2D eigenvalue weighted by Gasteiger charge is -2.04. The molecule has 1 aromatic carbocycles. The third kappa shape index (κ3) is 5.75. The third-order valence-corrected chi connectivity index (χ3v) is 4.11. The standard InChI is InChI=1S/C17H22N4O2S/c1-12(22)19-9-3-4-13-5-7-14(8-6-13)15-11-24-17(20-15)21-16(23)10-18-2/h5-8,11,18H,3-4,9-10H2,1-2H3,(H,19,22)(H,20,21,23). The first kappa shape index (κ1) is 18.1. The van der Waals surface area contributed by atoms with Gasteiger partial charge in [0.05, 0.1) is 12.2 Å². The summed E-state index contributed by atoms with van der Waals surface area (Å²) in [5.74, 6) is -0.0978. The molecule has 1 heterocycles. The van der Waals surface area contributed by atoms with E-state index in [9.17, 15) is 9.59 Å². The highest BCUT2D eigenvalue weighted by Crippen LogP contribution is 2.25. The van der Waals surface area contributed by atoms with Crippen LogP contribution in [0, 0.1) is 0 Å². The number of hydrogen-bond donors (Lipinski definition) is 3. The summed E-state index contributed by atoms with van der Waals surface area (Å²) in [5, 5.41) is 10.9. The molecule has 0 atom stereocenters. The van der Waals surface area contributed by atoms with Gasteiger partial charge in [0.1, 0.15) is 0 Å². The number of amides is 2. The van der Waals surface area contributed by atoms with Crippen LogP contribution in [0.3, 0.4) is 0 Å². The number of nitrogens with one attached hydrogen (secondary N) is 3. The number of nitrogens with zero attached hydrogens (tertiary/aromatic N) is 1. The fourth-order valence-electron chi connectivity index (χ4n) is 2.19.